The quantitative estimate of drug-likeness (QED) is 0.483. The molecule has 42 valence electrons. The van der Waals surface area contributed by atoms with Crippen LogP contribution in [-0.2, 0) is 4.79 Å². The number of carbonyl (C=O) groups excluding carboxylic acids is 1. The average molecular weight is 112 g/mol. The molecule has 1 rings (SSSR count). The second-order valence-corrected chi connectivity index (χ2v) is 1.11. The lowest BCUT2D eigenvalue weighted by Gasteiger charge is -1.89. The SMILES string of the molecule is O=COn1cccn1. The molecule has 1 heterocycles. The van der Waals surface area contributed by atoms with Crippen molar-refractivity contribution in [3.63, 3.8) is 0 Å². The summed E-state index contributed by atoms with van der Waals surface area (Å²) < 4.78 is 0. The summed E-state index contributed by atoms with van der Waals surface area (Å²) in [5, 5.41) is 3.57. The van der Waals surface area contributed by atoms with Crippen LogP contribution in [0.5, 0.6) is 0 Å². The third-order valence-electron chi connectivity index (χ3n) is 0.631. The van der Waals surface area contributed by atoms with E-state index in [-0.39, 0.29) is 0 Å². The molecule has 0 fully saturated rings. The summed E-state index contributed by atoms with van der Waals surface area (Å²) in [6.45, 7) is 0.312. The zero-order chi connectivity index (χ0) is 5.82. The predicted molar refractivity (Wildman–Crippen MR) is 24.9 cm³/mol. The fraction of sp³-hybridized carbons (Fsp3) is 0. The summed E-state index contributed by atoms with van der Waals surface area (Å²) in [7, 11) is 0. The largest absolute Gasteiger partial charge is 0.323 e. The van der Waals surface area contributed by atoms with Crippen molar-refractivity contribution in [1.29, 1.82) is 0 Å². The van der Waals surface area contributed by atoms with Crippen LogP contribution in [0.15, 0.2) is 18.5 Å². The van der Waals surface area contributed by atoms with E-state index in [4.69, 9.17) is 0 Å². The van der Waals surface area contributed by atoms with Crippen LogP contribution < -0.4 is 4.84 Å². The van der Waals surface area contributed by atoms with Gasteiger partial charge in [-0.2, -0.15) is 0 Å². The smallest absolute Gasteiger partial charge is 0.323 e. The maximum absolute atomic E-state index is 9.59. The van der Waals surface area contributed by atoms with Crippen molar-refractivity contribution in [3.05, 3.63) is 18.5 Å². The highest BCUT2D eigenvalue weighted by Crippen LogP contribution is 1.75. The van der Waals surface area contributed by atoms with Crippen LogP contribution in [0.2, 0.25) is 0 Å². The molecular formula is C4H4N2O2. The van der Waals surface area contributed by atoms with Gasteiger partial charge in [0.1, 0.15) is 0 Å². The summed E-state index contributed by atoms with van der Waals surface area (Å²) in [6, 6.07) is 1.66. The molecule has 8 heavy (non-hydrogen) atoms. The number of hydrogen-bond donors (Lipinski definition) is 0. The lowest BCUT2D eigenvalue weighted by molar-refractivity contribution is -0.130. The highest BCUT2D eigenvalue weighted by Gasteiger charge is 1.81. The number of aromatic nitrogens is 2. The molecule has 0 radical (unpaired) electrons. The van der Waals surface area contributed by atoms with Crippen molar-refractivity contribution in [2.45, 2.75) is 0 Å². The Hall–Kier alpha value is -1.32. The topological polar surface area (TPSA) is 44.1 Å². The van der Waals surface area contributed by atoms with E-state index in [1.165, 1.54) is 12.4 Å². The van der Waals surface area contributed by atoms with Crippen LogP contribution >= 0.6 is 0 Å². The molecule has 0 N–H and O–H groups in total. The zero-order valence-electron chi connectivity index (χ0n) is 4.02. The highest BCUT2D eigenvalue weighted by atomic mass is 16.7. The second-order valence-electron chi connectivity index (χ2n) is 1.11. The average Bonchev–Trinajstić information content (AvgIpc) is 2.19. The van der Waals surface area contributed by atoms with Crippen LogP contribution in [0.3, 0.4) is 0 Å². The van der Waals surface area contributed by atoms with Gasteiger partial charge in [0.05, 0.1) is 12.4 Å². The van der Waals surface area contributed by atoms with E-state index in [1.807, 2.05) is 0 Å². The summed E-state index contributed by atoms with van der Waals surface area (Å²) >= 11 is 0. The number of rotatable bonds is 2. The lowest BCUT2D eigenvalue weighted by atomic mass is 10.8. The van der Waals surface area contributed by atoms with Gasteiger partial charge < -0.3 is 4.84 Å². The van der Waals surface area contributed by atoms with Crippen LogP contribution in [-0.4, -0.2) is 16.4 Å². The van der Waals surface area contributed by atoms with Gasteiger partial charge in [-0.05, 0) is 6.07 Å². The molecule has 0 bridgehead atoms. The molecule has 0 aliphatic heterocycles. The van der Waals surface area contributed by atoms with Gasteiger partial charge in [0.2, 0.25) is 0 Å². The third kappa shape index (κ3) is 0.841. The van der Waals surface area contributed by atoms with E-state index < -0.39 is 0 Å². The molecule has 0 saturated heterocycles. The Morgan fingerprint density at radius 2 is 2.62 bits per heavy atom. The first kappa shape index (κ1) is 4.83. The van der Waals surface area contributed by atoms with Crippen LogP contribution in [0.1, 0.15) is 0 Å². The maximum atomic E-state index is 9.59. The van der Waals surface area contributed by atoms with E-state index in [0.717, 1.165) is 4.85 Å². The minimum atomic E-state index is 0.312. The van der Waals surface area contributed by atoms with Gasteiger partial charge in [0.25, 0.3) is 0 Å². The van der Waals surface area contributed by atoms with Crippen molar-refractivity contribution in [2.75, 3.05) is 0 Å². The van der Waals surface area contributed by atoms with Gasteiger partial charge in [-0.1, -0.05) is 4.85 Å². The molecule has 0 aromatic carbocycles. The molecule has 0 aliphatic rings. The molecule has 0 spiro atoms. The second kappa shape index (κ2) is 2.11. The Labute approximate surface area is 45.6 Å². The van der Waals surface area contributed by atoms with E-state index in [0.29, 0.717) is 6.47 Å². The Morgan fingerprint density at radius 1 is 1.75 bits per heavy atom. The van der Waals surface area contributed by atoms with E-state index in [2.05, 4.69) is 9.94 Å². The molecule has 1 aromatic rings. The molecule has 0 saturated carbocycles. The molecule has 0 atom stereocenters. The van der Waals surface area contributed by atoms with Crippen molar-refractivity contribution >= 4 is 6.47 Å². The van der Waals surface area contributed by atoms with Gasteiger partial charge in [-0.25, -0.2) is 0 Å². The number of hydrogen-bond acceptors (Lipinski definition) is 3. The Bertz CT molecular complexity index is 159. The van der Waals surface area contributed by atoms with E-state index in [1.54, 1.807) is 6.07 Å². The summed E-state index contributed by atoms with van der Waals surface area (Å²) in [5.74, 6) is 0. The monoisotopic (exact) mass is 112 g/mol. The fourth-order valence-electron chi connectivity index (χ4n) is 0.361. The molecule has 0 unspecified atom stereocenters. The number of carbonyl (C=O) groups is 1. The van der Waals surface area contributed by atoms with Crippen LogP contribution in [0.25, 0.3) is 0 Å². The summed E-state index contributed by atoms with van der Waals surface area (Å²) in [6.07, 6.45) is 3.04. The standard InChI is InChI=1S/C4H4N2O2/c7-4-8-6-3-1-2-5-6/h1-4H. The van der Waals surface area contributed by atoms with Gasteiger partial charge in [-0.15, -0.1) is 5.10 Å². The first-order chi connectivity index (χ1) is 3.93. The summed E-state index contributed by atoms with van der Waals surface area (Å²) in [5.41, 5.74) is 0. The zero-order valence-corrected chi connectivity index (χ0v) is 4.02. The first-order valence-corrected chi connectivity index (χ1v) is 2.04. The molecule has 4 heteroatoms. The van der Waals surface area contributed by atoms with E-state index >= 15 is 0 Å². The normalized spacial score (nSPS) is 8.50. The lowest BCUT2D eigenvalue weighted by Crippen LogP contribution is -2.08. The van der Waals surface area contributed by atoms with Crippen molar-refractivity contribution in [2.24, 2.45) is 0 Å². The van der Waals surface area contributed by atoms with Gasteiger partial charge in [0, 0.05) is 0 Å². The molecule has 1 aromatic heterocycles. The van der Waals surface area contributed by atoms with Crippen molar-refractivity contribution in [3.8, 4) is 0 Å². The van der Waals surface area contributed by atoms with Gasteiger partial charge >= 0.3 is 6.47 Å². The van der Waals surface area contributed by atoms with Crippen LogP contribution in [0.4, 0.5) is 0 Å². The predicted octanol–water partition coefficient (Wildman–Crippen LogP) is -0.532. The van der Waals surface area contributed by atoms with Crippen LogP contribution in [0, 0.1) is 0 Å². The van der Waals surface area contributed by atoms with Crippen molar-refractivity contribution in [1.82, 2.24) is 9.94 Å². The molecule has 4 nitrogen and oxygen atoms in total. The minimum Gasteiger partial charge on any atom is -0.323 e. The van der Waals surface area contributed by atoms with Gasteiger partial charge in [-0.3, -0.25) is 4.79 Å². The fourth-order valence-corrected chi connectivity index (χ4v) is 0.361. The number of nitrogens with zero attached hydrogens (tertiary/aromatic N) is 2. The minimum absolute atomic E-state index is 0.312. The summed E-state index contributed by atoms with van der Waals surface area (Å²) in [4.78, 5) is 14.9. The van der Waals surface area contributed by atoms with E-state index in [9.17, 15) is 4.79 Å². The third-order valence-corrected chi connectivity index (χ3v) is 0.631. The Balaban J connectivity index is 2.62. The first-order valence-electron chi connectivity index (χ1n) is 2.04. The molecule has 0 aliphatic carbocycles. The maximum Gasteiger partial charge on any atom is 0.323 e. The van der Waals surface area contributed by atoms with Crippen molar-refractivity contribution < 1.29 is 9.63 Å². The molecule has 0 amide bonds. The Kier molecular flexibility index (Phi) is 1.27. The van der Waals surface area contributed by atoms with Gasteiger partial charge in [0.15, 0.2) is 0 Å². The Morgan fingerprint density at radius 3 is 3.12 bits per heavy atom. The molecular weight excluding hydrogens is 108 g/mol. The highest BCUT2D eigenvalue weighted by molar-refractivity contribution is 5.37.